The van der Waals surface area contributed by atoms with Crippen molar-refractivity contribution in [1.82, 2.24) is 20.1 Å². The molecule has 4 aromatic rings. The maximum absolute atomic E-state index is 16.5. The highest BCUT2D eigenvalue weighted by Crippen LogP contribution is 2.44. The summed E-state index contributed by atoms with van der Waals surface area (Å²) in [5.41, 5.74) is -3.77. The van der Waals surface area contributed by atoms with E-state index in [1.165, 1.54) is 10.9 Å². The second-order valence-corrected chi connectivity index (χ2v) is 19.8. The summed E-state index contributed by atoms with van der Waals surface area (Å²) in [7, 11) is -4.97. The minimum Gasteiger partial charge on any atom is -0.444 e. The molecule has 332 valence electrons. The lowest BCUT2D eigenvalue weighted by Crippen LogP contribution is -2.44. The van der Waals surface area contributed by atoms with E-state index in [9.17, 15) is 31.6 Å². The first-order valence-electron chi connectivity index (χ1n) is 19.7. The predicted octanol–water partition coefficient (Wildman–Crippen LogP) is 10.3. The fraction of sp³-hybridized carbons (Fsp3) is 0.500. The Morgan fingerprint density at radius 1 is 0.803 bits per heavy atom. The van der Waals surface area contributed by atoms with Crippen LogP contribution in [0.1, 0.15) is 119 Å². The molecule has 1 aliphatic rings. The van der Waals surface area contributed by atoms with Crippen LogP contribution in [0.15, 0.2) is 41.4 Å². The van der Waals surface area contributed by atoms with Crippen LogP contribution < -0.4 is 14.9 Å². The van der Waals surface area contributed by atoms with E-state index in [2.05, 4.69) is 10.3 Å². The molecule has 19 heteroatoms. The molecule has 1 fully saturated rings. The summed E-state index contributed by atoms with van der Waals surface area (Å²) in [5.74, 6) is -5.59. The first kappa shape index (κ1) is 46.6. The molecule has 0 aliphatic heterocycles. The van der Waals surface area contributed by atoms with E-state index in [0.29, 0.717) is 72.0 Å². The molecule has 3 amide bonds. The maximum Gasteiger partial charge on any atom is 0.425 e. The number of hydrogen-bond donors (Lipinski definition) is 2. The van der Waals surface area contributed by atoms with Gasteiger partial charge in [0, 0.05) is 29.9 Å². The largest absolute Gasteiger partial charge is 0.444 e. The third kappa shape index (κ3) is 11.1. The molecule has 0 unspecified atom stereocenters. The van der Waals surface area contributed by atoms with Crippen molar-refractivity contribution >= 4 is 50.7 Å². The average Bonchev–Trinajstić information content (AvgIpc) is 3.50. The van der Waals surface area contributed by atoms with Crippen LogP contribution >= 0.6 is 0 Å². The van der Waals surface area contributed by atoms with Gasteiger partial charge in [0.25, 0.3) is 10.0 Å². The Bertz CT molecular complexity index is 2420. The zero-order valence-corrected chi connectivity index (χ0v) is 36.8. The first-order valence-corrected chi connectivity index (χ1v) is 21.2. The molecular weight excluding hydrogens is 825 g/mol. The van der Waals surface area contributed by atoms with Gasteiger partial charge in [0.15, 0.2) is 5.82 Å². The number of hydrogen-bond acceptors (Lipinski definition) is 10. The number of carbonyl (C=O) groups is 3. The number of alkyl carbamates (subject to hydrolysis) is 1. The average molecular weight is 877 g/mol. The van der Waals surface area contributed by atoms with Gasteiger partial charge in [0.2, 0.25) is 0 Å². The lowest BCUT2D eigenvalue weighted by molar-refractivity contribution is 0.0425. The first-order chi connectivity index (χ1) is 28.0. The Kier molecular flexibility index (Phi) is 13.1. The van der Waals surface area contributed by atoms with Gasteiger partial charge in [-0.1, -0.05) is 0 Å². The number of fused-ring (bicyclic) bond motifs is 1. The SMILES string of the molecule is CC(C)n1nc(-c2cc(F)c(NS(=O)(=O)c3cc(F)ccc3F)cc2F)c2c(N(C(=O)OC(C)(C)C)C(=O)OC(C)(C)C)ncc(C3CCC(NC(=O)OC(C)(C)C)CC3)c21. The zero-order chi connectivity index (χ0) is 45.6. The third-order valence-corrected chi connectivity index (χ3v) is 10.6. The van der Waals surface area contributed by atoms with Crippen molar-refractivity contribution in [3.05, 3.63) is 65.4 Å². The summed E-state index contributed by atoms with van der Waals surface area (Å²) in [6.45, 7) is 18.3. The van der Waals surface area contributed by atoms with Crippen molar-refractivity contribution in [2.24, 2.45) is 0 Å². The quantitative estimate of drug-likeness (QED) is 0.128. The van der Waals surface area contributed by atoms with E-state index in [0.717, 1.165) is 0 Å². The van der Waals surface area contributed by atoms with Gasteiger partial charge in [-0.05, 0) is 138 Å². The highest BCUT2D eigenvalue weighted by Gasteiger charge is 2.39. The minimum absolute atomic E-state index is 0.0645. The Hall–Kier alpha value is -5.46. The van der Waals surface area contributed by atoms with E-state index < -0.39 is 90.6 Å². The molecule has 1 aliphatic carbocycles. The number of rotatable bonds is 8. The van der Waals surface area contributed by atoms with Gasteiger partial charge in [-0.3, -0.25) is 9.40 Å². The number of sulfonamides is 1. The van der Waals surface area contributed by atoms with Crippen LogP contribution in [0.3, 0.4) is 0 Å². The van der Waals surface area contributed by atoms with Crippen LogP contribution in [0.4, 0.5) is 43.5 Å². The van der Waals surface area contributed by atoms with Crippen LogP contribution in [0.2, 0.25) is 0 Å². The third-order valence-electron chi connectivity index (χ3n) is 9.21. The molecule has 0 atom stereocenters. The van der Waals surface area contributed by atoms with Crippen molar-refractivity contribution in [3.8, 4) is 11.3 Å². The number of halogens is 4. The van der Waals surface area contributed by atoms with E-state index in [1.807, 2.05) is 0 Å². The highest BCUT2D eigenvalue weighted by atomic mass is 32.2. The van der Waals surface area contributed by atoms with Crippen molar-refractivity contribution in [2.45, 2.75) is 142 Å². The van der Waals surface area contributed by atoms with E-state index in [-0.39, 0.29) is 28.9 Å². The van der Waals surface area contributed by atoms with Crippen LogP contribution in [0.5, 0.6) is 0 Å². The normalized spacial score (nSPS) is 16.3. The van der Waals surface area contributed by atoms with Gasteiger partial charge in [-0.2, -0.15) is 10.00 Å². The number of ether oxygens (including phenoxy) is 3. The molecule has 2 aromatic heterocycles. The Balaban J connectivity index is 1.72. The second kappa shape index (κ2) is 17.1. The van der Waals surface area contributed by atoms with E-state index in [1.54, 1.807) is 80.9 Å². The molecule has 2 N–H and O–H groups in total. The number of benzene rings is 2. The summed E-state index contributed by atoms with van der Waals surface area (Å²) in [6, 6.07) is 2.14. The number of pyridine rings is 1. The highest BCUT2D eigenvalue weighted by molar-refractivity contribution is 7.92. The molecule has 1 saturated carbocycles. The summed E-state index contributed by atoms with van der Waals surface area (Å²) in [6.07, 6.45) is 0.675. The molecule has 5 rings (SSSR count). The number of carbonyl (C=O) groups excluding carboxylic acids is 3. The van der Waals surface area contributed by atoms with Gasteiger partial charge in [0.1, 0.15) is 50.7 Å². The number of anilines is 2. The van der Waals surface area contributed by atoms with Crippen molar-refractivity contribution in [1.29, 1.82) is 0 Å². The fourth-order valence-electron chi connectivity index (χ4n) is 6.78. The lowest BCUT2D eigenvalue weighted by Gasteiger charge is -2.31. The van der Waals surface area contributed by atoms with E-state index in [4.69, 9.17) is 19.3 Å². The molecule has 0 saturated heterocycles. The molecule has 0 bridgehead atoms. The van der Waals surface area contributed by atoms with Gasteiger partial charge in [0.05, 0.1) is 16.6 Å². The van der Waals surface area contributed by atoms with Gasteiger partial charge >= 0.3 is 18.3 Å². The molecule has 14 nitrogen and oxygen atoms in total. The molecule has 2 aromatic carbocycles. The number of amides is 3. The summed E-state index contributed by atoms with van der Waals surface area (Å²) < 4.78 is 107. The van der Waals surface area contributed by atoms with Gasteiger partial charge in [-0.25, -0.2) is 45.3 Å². The smallest absolute Gasteiger partial charge is 0.425 e. The Labute approximate surface area is 352 Å². The molecular formula is C42H52F4N6O8S. The van der Waals surface area contributed by atoms with Gasteiger partial charge in [-0.15, -0.1) is 0 Å². The summed E-state index contributed by atoms with van der Waals surface area (Å²) >= 11 is 0. The standard InChI is InChI=1S/C42H52F4N6O8S/c1-22(2)52-35-27(23-12-15-25(16-13-23)48-37(53)58-40(3,4)5)21-47-36(51(38(54)59-41(6,7)8)39(55)60-42(9,10)11)33(35)34(49-52)26-19-30(46)31(20-29(26)45)50-61(56,57)32-18-24(43)14-17-28(32)44/h14,17-23,25,50H,12-13,15-16H2,1-11H3,(H,48,53). The lowest BCUT2D eigenvalue weighted by atomic mass is 9.81. The van der Waals surface area contributed by atoms with Crippen LogP contribution in [0.25, 0.3) is 22.2 Å². The number of imide groups is 1. The van der Waals surface area contributed by atoms with Crippen molar-refractivity contribution in [2.75, 3.05) is 9.62 Å². The van der Waals surface area contributed by atoms with Gasteiger partial charge < -0.3 is 19.5 Å². The molecule has 0 spiro atoms. The molecule has 2 heterocycles. The van der Waals surface area contributed by atoms with Crippen molar-refractivity contribution < 1.29 is 54.6 Å². The second-order valence-electron chi connectivity index (χ2n) is 18.1. The van der Waals surface area contributed by atoms with E-state index >= 15 is 8.78 Å². The number of aromatic nitrogens is 3. The summed E-state index contributed by atoms with van der Waals surface area (Å²) in [5, 5.41) is 7.57. The van der Waals surface area contributed by atoms with Crippen LogP contribution in [0, 0.1) is 23.3 Å². The monoisotopic (exact) mass is 876 g/mol. The maximum atomic E-state index is 16.5. The molecule has 61 heavy (non-hydrogen) atoms. The predicted molar refractivity (Wildman–Crippen MR) is 220 cm³/mol. The zero-order valence-electron chi connectivity index (χ0n) is 36.0. The number of nitrogens with zero attached hydrogens (tertiary/aromatic N) is 4. The summed E-state index contributed by atoms with van der Waals surface area (Å²) in [4.78, 5) is 44.7. The van der Waals surface area contributed by atoms with Crippen molar-refractivity contribution in [3.63, 3.8) is 0 Å². The van der Waals surface area contributed by atoms with Crippen LogP contribution in [-0.2, 0) is 24.2 Å². The number of nitrogens with one attached hydrogen (secondary N) is 2. The van der Waals surface area contributed by atoms with Crippen LogP contribution in [-0.4, -0.2) is 64.3 Å². The topological polar surface area (TPSA) is 171 Å². The Morgan fingerprint density at radius 2 is 1.38 bits per heavy atom. The fourth-order valence-corrected chi connectivity index (χ4v) is 7.93. The molecule has 0 radical (unpaired) electrons. The Morgan fingerprint density at radius 3 is 1.92 bits per heavy atom. The minimum atomic E-state index is -4.97.